The van der Waals surface area contributed by atoms with Crippen molar-refractivity contribution >= 4 is 12.0 Å². The van der Waals surface area contributed by atoms with Gasteiger partial charge in [-0.25, -0.2) is 0 Å². The quantitative estimate of drug-likeness (QED) is 0.476. The molecule has 4 aliphatic rings. The number of para-hydroxylation sites is 1. The number of phenolic OH excluding ortho intramolecular Hbond substituents is 1. The van der Waals surface area contributed by atoms with E-state index >= 15 is 0 Å². The Kier molecular flexibility index (Phi) is 2.48. The molecule has 23 heavy (non-hydrogen) atoms. The van der Waals surface area contributed by atoms with Crippen LogP contribution in [0.3, 0.4) is 0 Å². The van der Waals surface area contributed by atoms with Crippen molar-refractivity contribution in [2.75, 3.05) is 18.4 Å². The Balaban J connectivity index is 1.84. The molecule has 2 fully saturated rings. The predicted molar refractivity (Wildman–Crippen MR) is 88.3 cm³/mol. The van der Waals surface area contributed by atoms with E-state index in [2.05, 4.69) is 29.3 Å². The molecule has 3 aliphatic heterocycles. The fourth-order valence-corrected chi connectivity index (χ4v) is 5.50. The van der Waals surface area contributed by atoms with Crippen LogP contribution in [0.5, 0.6) is 5.75 Å². The zero-order chi connectivity index (χ0) is 15.8. The van der Waals surface area contributed by atoms with E-state index in [1.54, 1.807) is 6.07 Å². The van der Waals surface area contributed by atoms with E-state index in [-0.39, 0.29) is 17.1 Å². The van der Waals surface area contributed by atoms with Crippen LogP contribution in [-0.2, 0) is 10.2 Å². The van der Waals surface area contributed by atoms with Crippen LogP contribution in [0.15, 0.2) is 41.1 Å². The third-order valence-corrected chi connectivity index (χ3v) is 6.48. The molecule has 3 heterocycles. The summed E-state index contributed by atoms with van der Waals surface area (Å²) in [5.74, 6) is 0.507. The SMILES string of the molecule is CC=C1CN2CC[C@]34C(=C(C=O)C1CC23)Nc1c(O)cccc14. The standard InChI is InChI=1S/C19H20N2O2/c1-2-11-9-21-7-6-19-14-4-3-5-15(23)17(14)20-18(19)13(10-22)12(11)8-16(19)21/h2-5,10,12,16,20,23H,6-9H2,1H3/t12?,16?,19-/m1/s1. The Morgan fingerprint density at radius 1 is 1.43 bits per heavy atom. The molecule has 0 radical (unpaired) electrons. The monoisotopic (exact) mass is 308 g/mol. The highest BCUT2D eigenvalue weighted by Crippen LogP contribution is 2.61. The van der Waals surface area contributed by atoms with E-state index in [0.717, 1.165) is 49.2 Å². The van der Waals surface area contributed by atoms with E-state index in [9.17, 15) is 9.90 Å². The minimum absolute atomic E-state index is 0.139. The van der Waals surface area contributed by atoms with Gasteiger partial charge in [0.1, 0.15) is 12.0 Å². The van der Waals surface area contributed by atoms with Crippen LogP contribution in [0, 0.1) is 5.92 Å². The summed E-state index contributed by atoms with van der Waals surface area (Å²) in [5, 5.41) is 13.7. The number of aldehydes is 1. The summed E-state index contributed by atoms with van der Waals surface area (Å²) in [6.45, 7) is 4.08. The van der Waals surface area contributed by atoms with E-state index in [1.807, 2.05) is 6.07 Å². The number of hydrogen-bond donors (Lipinski definition) is 2. The molecule has 1 aliphatic carbocycles. The van der Waals surface area contributed by atoms with Crippen LogP contribution in [0.4, 0.5) is 5.69 Å². The lowest BCUT2D eigenvalue weighted by molar-refractivity contribution is -0.105. The van der Waals surface area contributed by atoms with Crippen LogP contribution in [0.1, 0.15) is 25.3 Å². The number of anilines is 1. The molecule has 2 N–H and O–H groups in total. The number of piperidine rings is 1. The summed E-state index contributed by atoms with van der Waals surface area (Å²) in [7, 11) is 0. The van der Waals surface area contributed by atoms with Crippen LogP contribution in [-0.4, -0.2) is 35.4 Å². The summed E-state index contributed by atoms with van der Waals surface area (Å²) in [6.07, 6.45) is 5.24. The van der Waals surface area contributed by atoms with Gasteiger partial charge in [0.15, 0.2) is 0 Å². The summed E-state index contributed by atoms with van der Waals surface area (Å²) in [5.41, 5.74) is 5.13. The average molecular weight is 308 g/mol. The van der Waals surface area contributed by atoms with Crippen LogP contribution >= 0.6 is 0 Å². The van der Waals surface area contributed by atoms with E-state index in [1.165, 1.54) is 11.1 Å². The number of carbonyl (C=O) groups is 1. The number of nitrogens with zero attached hydrogens (tertiary/aromatic N) is 1. The topological polar surface area (TPSA) is 52.6 Å². The van der Waals surface area contributed by atoms with Crippen LogP contribution in [0.2, 0.25) is 0 Å². The number of benzene rings is 1. The predicted octanol–water partition coefficient (Wildman–Crippen LogP) is 2.56. The molecule has 0 saturated carbocycles. The smallest absolute Gasteiger partial charge is 0.148 e. The van der Waals surface area contributed by atoms with Crippen molar-refractivity contribution in [3.8, 4) is 5.75 Å². The molecule has 2 saturated heterocycles. The van der Waals surface area contributed by atoms with Crippen molar-refractivity contribution in [1.82, 2.24) is 4.90 Å². The van der Waals surface area contributed by atoms with Gasteiger partial charge in [-0.3, -0.25) is 9.69 Å². The van der Waals surface area contributed by atoms with Gasteiger partial charge in [-0.05, 0) is 31.4 Å². The molecule has 1 aromatic rings. The highest BCUT2D eigenvalue weighted by molar-refractivity contribution is 5.86. The third-order valence-electron chi connectivity index (χ3n) is 6.48. The normalized spacial score (nSPS) is 36.0. The Labute approximate surface area is 135 Å². The van der Waals surface area contributed by atoms with E-state index in [4.69, 9.17) is 0 Å². The maximum Gasteiger partial charge on any atom is 0.148 e. The van der Waals surface area contributed by atoms with Gasteiger partial charge in [0.05, 0.1) is 11.1 Å². The zero-order valence-corrected chi connectivity index (χ0v) is 13.2. The van der Waals surface area contributed by atoms with Gasteiger partial charge in [0.25, 0.3) is 0 Å². The maximum atomic E-state index is 12.0. The average Bonchev–Trinajstić information content (AvgIpc) is 3.12. The van der Waals surface area contributed by atoms with E-state index < -0.39 is 0 Å². The Hall–Kier alpha value is -2.07. The molecule has 5 rings (SSSR count). The molecule has 118 valence electrons. The molecule has 1 spiro atoms. The fourth-order valence-electron chi connectivity index (χ4n) is 5.50. The van der Waals surface area contributed by atoms with Crippen molar-refractivity contribution in [3.63, 3.8) is 0 Å². The molecule has 4 nitrogen and oxygen atoms in total. The minimum atomic E-state index is -0.139. The maximum absolute atomic E-state index is 12.0. The zero-order valence-electron chi connectivity index (χ0n) is 13.2. The number of hydrogen-bond acceptors (Lipinski definition) is 4. The molecule has 1 aromatic carbocycles. The van der Waals surface area contributed by atoms with Crippen molar-refractivity contribution in [1.29, 1.82) is 0 Å². The van der Waals surface area contributed by atoms with Crippen LogP contribution < -0.4 is 5.32 Å². The second kappa shape index (κ2) is 4.26. The van der Waals surface area contributed by atoms with Gasteiger partial charge in [-0.15, -0.1) is 0 Å². The number of allylic oxidation sites excluding steroid dienone is 2. The van der Waals surface area contributed by atoms with Gasteiger partial charge in [0, 0.05) is 36.3 Å². The molecule has 2 unspecified atom stereocenters. The Morgan fingerprint density at radius 3 is 3.09 bits per heavy atom. The first-order valence-electron chi connectivity index (χ1n) is 8.39. The second-order valence-corrected chi connectivity index (χ2v) is 7.13. The van der Waals surface area contributed by atoms with Crippen LogP contribution in [0.25, 0.3) is 0 Å². The molecular formula is C19H20N2O2. The van der Waals surface area contributed by atoms with Crippen molar-refractivity contribution in [2.45, 2.75) is 31.2 Å². The number of rotatable bonds is 1. The molecule has 4 heteroatoms. The van der Waals surface area contributed by atoms with Gasteiger partial charge < -0.3 is 10.4 Å². The number of nitrogens with one attached hydrogen (secondary N) is 1. The number of carbonyl (C=O) groups excluding carboxylic acids is 1. The van der Waals surface area contributed by atoms with Crippen molar-refractivity contribution in [2.24, 2.45) is 5.92 Å². The van der Waals surface area contributed by atoms with E-state index in [0.29, 0.717) is 6.04 Å². The van der Waals surface area contributed by atoms with Gasteiger partial charge in [-0.1, -0.05) is 23.8 Å². The second-order valence-electron chi connectivity index (χ2n) is 7.13. The number of aromatic hydroxyl groups is 1. The van der Waals surface area contributed by atoms with Crippen molar-refractivity contribution in [3.05, 3.63) is 46.7 Å². The lowest BCUT2D eigenvalue weighted by Crippen LogP contribution is -2.52. The third kappa shape index (κ3) is 1.39. The number of fused-ring (bicyclic) bond motifs is 2. The highest BCUT2D eigenvalue weighted by Gasteiger charge is 2.61. The molecule has 0 aromatic heterocycles. The Bertz CT molecular complexity index is 795. The summed E-state index contributed by atoms with van der Waals surface area (Å²) < 4.78 is 0. The first-order valence-corrected chi connectivity index (χ1v) is 8.39. The largest absolute Gasteiger partial charge is 0.506 e. The highest BCUT2D eigenvalue weighted by atomic mass is 16.3. The lowest BCUT2D eigenvalue weighted by Gasteiger charge is -2.48. The molecular weight excluding hydrogens is 288 g/mol. The Morgan fingerprint density at radius 2 is 2.30 bits per heavy atom. The first kappa shape index (κ1) is 13.4. The van der Waals surface area contributed by atoms with Gasteiger partial charge in [-0.2, -0.15) is 0 Å². The van der Waals surface area contributed by atoms with Crippen molar-refractivity contribution < 1.29 is 9.90 Å². The van der Waals surface area contributed by atoms with Gasteiger partial charge in [0.2, 0.25) is 0 Å². The summed E-state index contributed by atoms with van der Waals surface area (Å²) in [6, 6.07) is 6.18. The summed E-state index contributed by atoms with van der Waals surface area (Å²) in [4.78, 5) is 14.5. The molecule has 0 amide bonds. The molecule has 3 atom stereocenters. The first-order chi connectivity index (χ1) is 11.2. The number of phenols is 1. The molecule has 2 bridgehead atoms. The fraction of sp³-hybridized carbons (Fsp3) is 0.421. The van der Waals surface area contributed by atoms with Gasteiger partial charge >= 0.3 is 0 Å². The summed E-state index contributed by atoms with van der Waals surface area (Å²) >= 11 is 0. The lowest BCUT2D eigenvalue weighted by atomic mass is 9.62. The minimum Gasteiger partial charge on any atom is -0.506 e.